The molecule has 10 heteroatoms. The molecule has 4 heterocycles. The second kappa shape index (κ2) is 10.6. The first kappa shape index (κ1) is 26.1. The number of alkyl halides is 3. The highest BCUT2D eigenvalue weighted by Gasteiger charge is 2.34. The third kappa shape index (κ3) is 5.58. The summed E-state index contributed by atoms with van der Waals surface area (Å²) in [5.74, 6) is 0.888. The minimum Gasteiger partial charge on any atom is -0.345 e. The topological polar surface area (TPSA) is 78.7 Å². The monoisotopic (exact) mass is 510 g/mol. The van der Waals surface area contributed by atoms with Gasteiger partial charge in [0.2, 0.25) is 0 Å². The first-order chi connectivity index (χ1) is 17.6. The van der Waals surface area contributed by atoms with E-state index in [2.05, 4.69) is 38.0 Å². The van der Waals surface area contributed by atoms with E-state index in [1.54, 1.807) is 23.5 Å². The number of nitrogens with zero attached hydrogens (tertiary/aromatic N) is 5. The Morgan fingerprint density at radius 2 is 1.86 bits per heavy atom. The highest BCUT2D eigenvalue weighted by Crippen LogP contribution is 2.34. The lowest BCUT2D eigenvalue weighted by Crippen LogP contribution is -2.42. The molecule has 0 radical (unpaired) electrons. The molecule has 1 amide bonds. The van der Waals surface area contributed by atoms with Crippen molar-refractivity contribution in [2.45, 2.75) is 39.3 Å². The maximum absolute atomic E-state index is 13.0. The molecule has 194 valence electrons. The number of allylic oxidation sites excluding steroid dienone is 1. The van der Waals surface area contributed by atoms with Crippen LogP contribution in [0.25, 0.3) is 16.7 Å². The molecule has 1 N–H and O–H groups in total. The molecule has 0 saturated carbocycles. The second-order valence-electron chi connectivity index (χ2n) is 9.43. The number of aromatic nitrogens is 4. The van der Waals surface area contributed by atoms with Crippen molar-refractivity contribution in [3.8, 4) is 0 Å². The number of likely N-dealkylation sites (tertiary alicyclic amines) is 1. The van der Waals surface area contributed by atoms with E-state index in [0.717, 1.165) is 41.1 Å². The van der Waals surface area contributed by atoms with Crippen molar-refractivity contribution in [3.63, 3.8) is 0 Å². The maximum Gasteiger partial charge on any atom is 0.416 e. The molecule has 1 aliphatic heterocycles. The van der Waals surface area contributed by atoms with Crippen LogP contribution in [-0.4, -0.2) is 50.0 Å². The number of benzene rings is 1. The summed E-state index contributed by atoms with van der Waals surface area (Å²) in [4.78, 5) is 30.4. The molecule has 1 aromatic carbocycles. The largest absolute Gasteiger partial charge is 0.416 e. The Kier molecular flexibility index (Phi) is 7.47. The number of nitrogens with one attached hydrogen (secondary N) is 1. The molecule has 0 spiro atoms. The van der Waals surface area contributed by atoms with Crippen molar-refractivity contribution >= 4 is 29.3 Å². The van der Waals surface area contributed by atoms with E-state index in [9.17, 15) is 18.0 Å². The van der Waals surface area contributed by atoms with Crippen molar-refractivity contribution in [2.75, 3.05) is 13.1 Å². The van der Waals surface area contributed by atoms with E-state index >= 15 is 0 Å². The van der Waals surface area contributed by atoms with Crippen LogP contribution in [0.4, 0.5) is 13.2 Å². The van der Waals surface area contributed by atoms with Crippen molar-refractivity contribution < 1.29 is 18.0 Å². The predicted octanol–water partition coefficient (Wildman–Crippen LogP) is 6.11. The number of hydrogen-bond acceptors (Lipinski definition) is 4. The zero-order valence-corrected chi connectivity index (χ0v) is 21.0. The average Bonchev–Trinajstić information content (AvgIpc) is 3.50. The average molecular weight is 511 g/mol. The first-order valence-electron chi connectivity index (χ1n) is 11.9. The van der Waals surface area contributed by atoms with E-state index in [4.69, 9.17) is 0 Å². The zero-order valence-electron chi connectivity index (χ0n) is 21.0. The molecule has 1 fully saturated rings. The highest BCUT2D eigenvalue weighted by molar-refractivity contribution is 5.94. The van der Waals surface area contributed by atoms with Gasteiger partial charge in [0.1, 0.15) is 5.82 Å². The summed E-state index contributed by atoms with van der Waals surface area (Å²) in [6.45, 7) is 10.4. The van der Waals surface area contributed by atoms with Crippen LogP contribution < -0.4 is 0 Å². The second-order valence-corrected chi connectivity index (χ2v) is 9.43. The molecular weight excluding hydrogens is 481 g/mol. The van der Waals surface area contributed by atoms with Crippen molar-refractivity contribution in [2.24, 2.45) is 10.9 Å². The van der Waals surface area contributed by atoms with Crippen LogP contribution in [0, 0.1) is 5.92 Å². The number of rotatable bonds is 3. The molecule has 4 aromatic rings. The lowest BCUT2D eigenvalue weighted by atomic mass is 9.86. The Morgan fingerprint density at radius 3 is 2.49 bits per heavy atom. The minimum atomic E-state index is -4.42. The zero-order chi connectivity index (χ0) is 26.7. The molecule has 3 aromatic heterocycles. The van der Waals surface area contributed by atoms with Gasteiger partial charge in [-0.25, -0.2) is 9.97 Å². The fraction of sp³-hybridized carbons (Fsp3) is 0.333. The van der Waals surface area contributed by atoms with Crippen molar-refractivity contribution in [3.05, 3.63) is 77.6 Å². The number of amides is 1. The summed E-state index contributed by atoms with van der Waals surface area (Å²) in [6.07, 6.45) is 3.44. The number of carbonyl (C=O) groups is 1. The van der Waals surface area contributed by atoms with Crippen LogP contribution in [0.5, 0.6) is 0 Å². The highest BCUT2D eigenvalue weighted by atomic mass is 19.4. The molecule has 0 aliphatic carbocycles. The quantitative estimate of drug-likeness (QED) is 0.338. The summed E-state index contributed by atoms with van der Waals surface area (Å²) < 4.78 is 40.6. The van der Waals surface area contributed by atoms with Crippen molar-refractivity contribution in [1.29, 1.82) is 0 Å². The van der Waals surface area contributed by atoms with Crippen LogP contribution in [0.15, 0.2) is 65.7 Å². The third-order valence-corrected chi connectivity index (χ3v) is 6.47. The summed E-state index contributed by atoms with van der Waals surface area (Å²) >= 11 is 0. The van der Waals surface area contributed by atoms with E-state index in [0.29, 0.717) is 19.0 Å². The van der Waals surface area contributed by atoms with E-state index in [-0.39, 0.29) is 17.4 Å². The molecule has 37 heavy (non-hydrogen) atoms. The lowest BCUT2D eigenvalue weighted by molar-refractivity contribution is -0.137. The summed E-state index contributed by atoms with van der Waals surface area (Å²) in [5, 5.41) is 0. The Hall–Kier alpha value is -3.95. The molecule has 1 aliphatic rings. The maximum atomic E-state index is 13.0. The SMILES string of the molecule is C=NC=C(C)C.CC1CCN(C(=O)c2ccc(C(F)(F)F)cc2)CC1c1ncc2cnc3[nH]ccc3n12. The summed E-state index contributed by atoms with van der Waals surface area (Å²) in [7, 11) is 0. The molecule has 0 bridgehead atoms. The Bertz CT molecular complexity index is 1430. The number of piperidine rings is 1. The van der Waals surface area contributed by atoms with Gasteiger partial charge in [0, 0.05) is 37.0 Å². The molecule has 7 nitrogen and oxygen atoms in total. The van der Waals surface area contributed by atoms with Crippen molar-refractivity contribution in [1.82, 2.24) is 24.3 Å². The Morgan fingerprint density at radius 1 is 1.16 bits per heavy atom. The summed E-state index contributed by atoms with van der Waals surface area (Å²) in [5.41, 5.74) is 3.23. The van der Waals surface area contributed by atoms with Gasteiger partial charge in [-0.05, 0) is 63.2 Å². The standard InChI is InChI=1S/C22H20F3N5O.C5H9N/c1-13-7-9-29(21(31)14-2-4-15(5-3-14)22(23,24)25)12-17(13)20-28-11-16-10-27-19-18(30(16)20)6-8-26-19;1-5(2)4-6-3/h2-6,8,10-11,13,17,26H,7,9,12H2,1H3;4H,3H2,1-2H3. The number of halogens is 3. The van der Waals surface area contributed by atoms with Crippen LogP contribution in [0.3, 0.4) is 0 Å². The number of hydrogen-bond donors (Lipinski definition) is 1. The van der Waals surface area contributed by atoms with Gasteiger partial charge in [-0.1, -0.05) is 12.5 Å². The fourth-order valence-electron chi connectivity index (χ4n) is 4.52. The van der Waals surface area contributed by atoms with Gasteiger partial charge in [0.25, 0.3) is 5.91 Å². The number of fused-ring (bicyclic) bond motifs is 3. The van der Waals surface area contributed by atoms with Gasteiger partial charge in [-0.3, -0.25) is 14.2 Å². The minimum absolute atomic E-state index is 0.00449. The van der Waals surface area contributed by atoms with Gasteiger partial charge < -0.3 is 9.88 Å². The van der Waals surface area contributed by atoms with Crippen LogP contribution >= 0.6 is 0 Å². The smallest absolute Gasteiger partial charge is 0.345 e. The molecular formula is C27H29F3N6O. The Balaban J connectivity index is 0.000000480. The number of imidazole rings is 1. The lowest BCUT2D eigenvalue weighted by Gasteiger charge is -2.36. The predicted molar refractivity (Wildman–Crippen MR) is 138 cm³/mol. The molecule has 1 saturated heterocycles. The third-order valence-electron chi connectivity index (χ3n) is 6.47. The first-order valence-corrected chi connectivity index (χ1v) is 11.9. The number of H-pyrrole nitrogens is 1. The van der Waals surface area contributed by atoms with Gasteiger partial charge in [-0.15, -0.1) is 0 Å². The van der Waals surface area contributed by atoms with E-state index in [1.807, 2.05) is 26.1 Å². The summed E-state index contributed by atoms with van der Waals surface area (Å²) in [6, 6.07) is 6.35. The van der Waals surface area contributed by atoms with E-state index < -0.39 is 11.7 Å². The normalized spacial score (nSPS) is 17.8. The molecule has 5 rings (SSSR count). The van der Waals surface area contributed by atoms with Gasteiger partial charge in [0.15, 0.2) is 5.65 Å². The molecule has 2 unspecified atom stereocenters. The number of carbonyl (C=O) groups excluding carboxylic acids is 1. The van der Waals surface area contributed by atoms with E-state index in [1.165, 1.54) is 17.7 Å². The van der Waals surface area contributed by atoms with Crippen LogP contribution in [-0.2, 0) is 6.18 Å². The number of aromatic amines is 1. The van der Waals surface area contributed by atoms with Crippen LogP contribution in [0.1, 0.15) is 54.9 Å². The molecule has 2 atom stereocenters. The fourth-order valence-corrected chi connectivity index (χ4v) is 4.52. The van der Waals surface area contributed by atoms with Gasteiger partial charge in [-0.2, -0.15) is 13.2 Å². The van der Waals surface area contributed by atoms with Gasteiger partial charge >= 0.3 is 6.18 Å². The van der Waals surface area contributed by atoms with Gasteiger partial charge in [0.05, 0.1) is 29.0 Å². The Labute approximate surface area is 212 Å². The van der Waals surface area contributed by atoms with Crippen LogP contribution in [0.2, 0.25) is 0 Å². The number of aliphatic imine (C=N–C) groups is 1.